The molecule has 22 heavy (non-hydrogen) atoms. The molecule has 1 aromatic heterocycles. The lowest BCUT2D eigenvalue weighted by atomic mass is 9.60. The quantitative estimate of drug-likeness (QED) is 0.836. The number of hydrogen-bond acceptors (Lipinski definition) is 1. The number of nitrogens with zero attached hydrogens (tertiary/aromatic N) is 1. The van der Waals surface area contributed by atoms with E-state index >= 15 is 0 Å². The molecule has 4 heterocycles. The Kier molecular flexibility index (Phi) is 2.76. The molecule has 0 spiro atoms. The van der Waals surface area contributed by atoms with Gasteiger partial charge in [-0.1, -0.05) is 38.5 Å². The summed E-state index contributed by atoms with van der Waals surface area (Å²) in [6, 6.07) is 9.70. The van der Waals surface area contributed by atoms with Gasteiger partial charge in [-0.15, -0.1) is 0 Å². The molecule has 6 rings (SSSR count). The molecule has 0 amide bonds. The molecule has 4 aliphatic rings. The average Bonchev–Trinajstić information content (AvgIpc) is 2.88. The van der Waals surface area contributed by atoms with E-state index < -0.39 is 0 Å². The Balaban J connectivity index is 1.68. The van der Waals surface area contributed by atoms with Gasteiger partial charge in [0.1, 0.15) is 0 Å². The molecule has 116 valence electrons. The molecule has 3 aliphatic heterocycles. The van der Waals surface area contributed by atoms with Crippen LogP contribution in [0.3, 0.4) is 0 Å². The lowest BCUT2D eigenvalue weighted by molar-refractivity contribution is -0.0540. The van der Waals surface area contributed by atoms with E-state index in [0.717, 1.165) is 29.7 Å². The van der Waals surface area contributed by atoms with Crippen molar-refractivity contribution in [2.24, 2.45) is 17.8 Å². The van der Waals surface area contributed by atoms with Crippen molar-refractivity contribution < 1.29 is 0 Å². The molecule has 1 aromatic carbocycles. The van der Waals surface area contributed by atoms with Gasteiger partial charge in [-0.3, -0.25) is 4.90 Å². The van der Waals surface area contributed by atoms with Crippen molar-refractivity contribution >= 4 is 10.9 Å². The maximum absolute atomic E-state index is 3.83. The SMILES string of the molecule is CCC1C(C)C2CC3c4[nH]c5ccccc5c4CCN(C2)C31. The molecule has 6 atom stereocenters. The van der Waals surface area contributed by atoms with Crippen LogP contribution in [0.25, 0.3) is 10.9 Å². The molecular weight excluding hydrogens is 268 g/mol. The third kappa shape index (κ3) is 1.59. The molecule has 2 heteroatoms. The Hall–Kier alpha value is -1.28. The molecule has 3 fully saturated rings. The Bertz CT molecular complexity index is 716. The number of H-pyrrole nitrogens is 1. The summed E-state index contributed by atoms with van der Waals surface area (Å²) in [5, 5.41) is 1.48. The fourth-order valence-electron chi connectivity index (χ4n) is 6.03. The predicted octanol–water partition coefficient (Wildman–Crippen LogP) is 4.17. The van der Waals surface area contributed by atoms with Crippen LogP contribution in [-0.2, 0) is 6.42 Å². The van der Waals surface area contributed by atoms with Crippen LogP contribution in [0, 0.1) is 17.8 Å². The minimum absolute atomic E-state index is 0.741. The Morgan fingerprint density at radius 3 is 3.00 bits per heavy atom. The van der Waals surface area contributed by atoms with E-state index in [4.69, 9.17) is 0 Å². The van der Waals surface area contributed by atoms with Gasteiger partial charge < -0.3 is 4.98 Å². The Morgan fingerprint density at radius 2 is 2.14 bits per heavy atom. The van der Waals surface area contributed by atoms with Crippen molar-refractivity contribution in [3.05, 3.63) is 35.5 Å². The molecule has 2 nitrogen and oxygen atoms in total. The number of para-hydroxylation sites is 1. The summed E-state index contributed by atoms with van der Waals surface area (Å²) in [5.41, 5.74) is 4.56. The molecule has 2 aromatic rings. The number of fused-ring (bicyclic) bond motifs is 4. The largest absolute Gasteiger partial charge is 0.358 e. The fraction of sp³-hybridized carbons (Fsp3) is 0.600. The first-order valence-corrected chi connectivity index (χ1v) is 9.11. The summed E-state index contributed by atoms with van der Waals surface area (Å²) in [5.74, 6) is 3.44. The van der Waals surface area contributed by atoms with Crippen LogP contribution < -0.4 is 0 Å². The fourth-order valence-corrected chi connectivity index (χ4v) is 6.03. The summed E-state index contributed by atoms with van der Waals surface area (Å²) in [6.45, 7) is 7.53. The number of hydrogen-bond donors (Lipinski definition) is 1. The standard InChI is InChI=1S/C20H26N2/c1-3-14-12(2)13-10-17-19-16(8-9-22(11-13)20(14)17)15-6-4-5-7-18(15)21-19/h4-7,12-14,17,20-21H,3,8-11H2,1-2H3. The van der Waals surface area contributed by atoms with Crippen LogP contribution in [-0.4, -0.2) is 29.0 Å². The second-order valence-electron chi connectivity index (χ2n) is 7.83. The average molecular weight is 294 g/mol. The highest BCUT2D eigenvalue weighted by molar-refractivity contribution is 5.85. The van der Waals surface area contributed by atoms with Crippen LogP contribution >= 0.6 is 0 Å². The van der Waals surface area contributed by atoms with Crippen molar-refractivity contribution in [2.45, 2.75) is 45.1 Å². The molecule has 0 radical (unpaired) electrons. The maximum Gasteiger partial charge on any atom is 0.0459 e. The molecule has 2 saturated heterocycles. The zero-order valence-electron chi connectivity index (χ0n) is 13.7. The number of piperidine rings is 2. The molecular formula is C20H26N2. The van der Waals surface area contributed by atoms with Crippen molar-refractivity contribution in [3.63, 3.8) is 0 Å². The molecule has 1 aliphatic carbocycles. The van der Waals surface area contributed by atoms with E-state index in [9.17, 15) is 0 Å². The van der Waals surface area contributed by atoms with Gasteiger partial charge >= 0.3 is 0 Å². The molecule has 1 saturated carbocycles. The van der Waals surface area contributed by atoms with Crippen LogP contribution in [0.15, 0.2) is 24.3 Å². The van der Waals surface area contributed by atoms with E-state index in [1.807, 2.05) is 0 Å². The summed E-state index contributed by atoms with van der Waals surface area (Å²) in [6.07, 6.45) is 3.97. The van der Waals surface area contributed by atoms with Crippen molar-refractivity contribution in [3.8, 4) is 0 Å². The second-order valence-corrected chi connectivity index (χ2v) is 7.83. The van der Waals surface area contributed by atoms with Gasteiger partial charge in [0, 0.05) is 41.6 Å². The van der Waals surface area contributed by atoms with Crippen molar-refractivity contribution in [1.82, 2.24) is 9.88 Å². The third-order valence-electron chi connectivity index (χ3n) is 7.06. The number of aromatic amines is 1. The smallest absolute Gasteiger partial charge is 0.0459 e. The van der Waals surface area contributed by atoms with E-state index in [0.29, 0.717) is 0 Å². The molecule has 1 N–H and O–H groups in total. The summed E-state index contributed by atoms with van der Waals surface area (Å²) >= 11 is 0. The maximum atomic E-state index is 3.83. The number of rotatable bonds is 1. The first-order valence-electron chi connectivity index (χ1n) is 9.11. The molecule has 6 unspecified atom stereocenters. The normalized spacial score (nSPS) is 39.7. The van der Waals surface area contributed by atoms with Gasteiger partial charge in [-0.2, -0.15) is 0 Å². The lowest BCUT2D eigenvalue weighted by Gasteiger charge is -2.56. The Morgan fingerprint density at radius 1 is 1.27 bits per heavy atom. The summed E-state index contributed by atoms with van der Waals surface area (Å²) in [4.78, 5) is 6.67. The highest BCUT2D eigenvalue weighted by atomic mass is 15.2. The molecule has 4 bridgehead atoms. The summed E-state index contributed by atoms with van der Waals surface area (Å²) in [7, 11) is 0. The van der Waals surface area contributed by atoms with E-state index in [2.05, 4.69) is 48.0 Å². The third-order valence-corrected chi connectivity index (χ3v) is 7.06. The monoisotopic (exact) mass is 294 g/mol. The first kappa shape index (κ1) is 13.2. The number of aromatic nitrogens is 1. The number of benzene rings is 1. The summed E-state index contributed by atoms with van der Waals surface area (Å²) < 4.78 is 0. The van der Waals surface area contributed by atoms with Gasteiger partial charge in [0.2, 0.25) is 0 Å². The van der Waals surface area contributed by atoms with Crippen LogP contribution in [0.2, 0.25) is 0 Å². The van der Waals surface area contributed by atoms with E-state index in [1.165, 1.54) is 43.3 Å². The minimum atomic E-state index is 0.741. The van der Waals surface area contributed by atoms with E-state index in [-0.39, 0.29) is 0 Å². The highest BCUT2D eigenvalue weighted by Crippen LogP contribution is 2.53. The lowest BCUT2D eigenvalue weighted by Crippen LogP contribution is -2.59. The predicted molar refractivity (Wildman–Crippen MR) is 91.2 cm³/mol. The second kappa shape index (κ2) is 4.61. The Labute approximate surface area is 132 Å². The van der Waals surface area contributed by atoms with Gasteiger partial charge in [0.05, 0.1) is 0 Å². The van der Waals surface area contributed by atoms with Gasteiger partial charge in [-0.25, -0.2) is 0 Å². The van der Waals surface area contributed by atoms with Crippen LogP contribution in [0.1, 0.15) is 43.9 Å². The van der Waals surface area contributed by atoms with Crippen LogP contribution in [0.5, 0.6) is 0 Å². The topological polar surface area (TPSA) is 19.0 Å². The van der Waals surface area contributed by atoms with Gasteiger partial charge in [0.15, 0.2) is 0 Å². The van der Waals surface area contributed by atoms with E-state index in [1.54, 1.807) is 11.3 Å². The van der Waals surface area contributed by atoms with Crippen LogP contribution in [0.4, 0.5) is 0 Å². The van der Waals surface area contributed by atoms with Gasteiger partial charge in [0.25, 0.3) is 0 Å². The zero-order chi connectivity index (χ0) is 14.8. The number of nitrogens with one attached hydrogen (secondary N) is 1. The van der Waals surface area contributed by atoms with Crippen molar-refractivity contribution in [1.29, 1.82) is 0 Å². The zero-order valence-corrected chi connectivity index (χ0v) is 13.7. The van der Waals surface area contributed by atoms with Gasteiger partial charge in [-0.05, 0) is 42.2 Å². The minimum Gasteiger partial charge on any atom is -0.358 e. The van der Waals surface area contributed by atoms with Crippen molar-refractivity contribution in [2.75, 3.05) is 13.1 Å². The highest BCUT2D eigenvalue weighted by Gasteiger charge is 2.51. The first-order chi connectivity index (χ1) is 10.8.